The van der Waals surface area contributed by atoms with Crippen molar-refractivity contribution in [3.8, 4) is 11.5 Å². The molecule has 0 radical (unpaired) electrons. The molecule has 1 aliphatic rings. The van der Waals surface area contributed by atoms with E-state index >= 15 is 0 Å². The normalized spacial score (nSPS) is 19.7. The highest BCUT2D eigenvalue weighted by atomic mass is 16.5. The molecular weight excluding hydrogens is 230 g/mol. The molecular formula is C14H19NO3. The van der Waals surface area contributed by atoms with Gasteiger partial charge in [-0.2, -0.15) is 0 Å². The van der Waals surface area contributed by atoms with Crippen LogP contribution in [0, 0.1) is 5.92 Å². The molecule has 1 fully saturated rings. The standard InChI is InChI=1S/C14H19NO3/c1-10-4-3-7-15(9-10)14(17)12-6-5-11(18-2)8-13(12)16/h5-6,8,10,16H,3-4,7,9H2,1-2H3. The van der Waals surface area contributed by atoms with Gasteiger partial charge in [0, 0.05) is 19.2 Å². The summed E-state index contributed by atoms with van der Waals surface area (Å²) in [4.78, 5) is 14.1. The molecule has 1 saturated heterocycles. The van der Waals surface area contributed by atoms with E-state index < -0.39 is 0 Å². The fraction of sp³-hybridized carbons (Fsp3) is 0.500. The van der Waals surface area contributed by atoms with Gasteiger partial charge in [0.05, 0.1) is 12.7 Å². The molecule has 1 heterocycles. The van der Waals surface area contributed by atoms with Gasteiger partial charge in [0.25, 0.3) is 5.91 Å². The Kier molecular flexibility index (Phi) is 3.75. The van der Waals surface area contributed by atoms with E-state index in [1.54, 1.807) is 12.1 Å². The van der Waals surface area contributed by atoms with Crippen molar-refractivity contribution in [3.63, 3.8) is 0 Å². The second kappa shape index (κ2) is 5.29. The topological polar surface area (TPSA) is 49.8 Å². The van der Waals surface area contributed by atoms with Crippen molar-refractivity contribution < 1.29 is 14.6 Å². The maximum atomic E-state index is 12.3. The molecule has 1 atom stereocenters. The van der Waals surface area contributed by atoms with Gasteiger partial charge in [-0.05, 0) is 30.9 Å². The van der Waals surface area contributed by atoms with Crippen molar-refractivity contribution in [2.45, 2.75) is 19.8 Å². The van der Waals surface area contributed by atoms with Crippen LogP contribution in [0.3, 0.4) is 0 Å². The zero-order valence-electron chi connectivity index (χ0n) is 10.8. The second-order valence-corrected chi connectivity index (χ2v) is 4.88. The van der Waals surface area contributed by atoms with Crippen molar-refractivity contribution in [3.05, 3.63) is 23.8 Å². The summed E-state index contributed by atoms with van der Waals surface area (Å²) < 4.78 is 5.01. The second-order valence-electron chi connectivity index (χ2n) is 4.88. The minimum absolute atomic E-state index is 0.0161. The minimum atomic E-state index is -0.0956. The Morgan fingerprint density at radius 1 is 1.50 bits per heavy atom. The van der Waals surface area contributed by atoms with Gasteiger partial charge in [-0.3, -0.25) is 4.79 Å². The predicted octanol–water partition coefficient (Wildman–Crippen LogP) is 2.27. The number of rotatable bonds is 2. The van der Waals surface area contributed by atoms with Gasteiger partial charge in [0.2, 0.25) is 0 Å². The maximum absolute atomic E-state index is 12.3. The lowest BCUT2D eigenvalue weighted by Gasteiger charge is -2.31. The van der Waals surface area contributed by atoms with Crippen molar-refractivity contribution in [2.75, 3.05) is 20.2 Å². The minimum Gasteiger partial charge on any atom is -0.507 e. The van der Waals surface area contributed by atoms with E-state index in [0.717, 1.165) is 19.5 Å². The van der Waals surface area contributed by atoms with Gasteiger partial charge in [-0.15, -0.1) is 0 Å². The molecule has 98 valence electrons. The van der Waals surface area contributed by atoms with Crippen LogP contribution in [-0.2, 0) is 0 Å². The number of piperidine rings is 1. The summed E-state index contributed by atoms with van der Waals surface area (Å²) in [6.45, 7) is 3.69. The quantitative estimate of drug-likeness (QED) is 0.874. The summed E-state index contributed by atoms with van der Waals surface area (Å²) in [7, 11) is 1.53. The first-order valence-corrected chi connectivity index (χ1v) is 6.28. The molecule has 1 aromatic rings. The first-order valence-electron chi connectivity index (χ1n) is 6.28. The lowest BCUT2D eigenvalue weighted by Crippen LogP contribution is -2.39. The average molecular weight is 249 g/mol. The molecule has 1 unspecified atom stereocenters. The SMILES string of the molecule is COc1ccc(C(=O)N2CCCC(C)C2)c(O)c1. The van der Waals surface area contributed by atoms with Crippen LogP contribution in [0.15, 0.2) is 18.2 Å². The van der Waals surface area contributed by atoms with Crippen molar-refractivity contribution >= 4 is 5.91 Å². The molecule has 0 aliphatic carbocycles. The number of hydrogen-bond acceptors (Lipinski definition) is 3. The van der Waals surface area contributed by atoms with Crippen LogP contribution >= 0.6 is 0 Å². The summed E-state index contributed by atoms with van der Waals surface area (Å²) >= 11 is 0. The van der Waals surface area contributed by atoms with Gasteiger partial charge in [-0.1, -0.05) is 6.92 Å². The fourth-order valence-corrected chi connectivity index (χ4v) is 2.36. The number of hydrogen-bond donors (Lipinski definition) is 1. The molecule has 1 aliphatic heterocycles. The molecule has 0 saturated carbocycles. The Morgan fingerprint density at radius 3 is 2.89 bits per heavy atom. The Bertz CT molecular complexity index is 445. The molecule has 18 heavy (non-hydrogen) atoms. The van der Waals surface area contributed by atoms with Gasteiger partial charge < -0.3 is 14.7 Å². The van der Waals surface area contributed by atoms with E-state index in [1.165, 1.54) is 19.6 Å². The molecule has 1 amide bonds. The number of likely N-dealkylation sites (tertiary alicyclic amines) is 1. The van der Waals surface area contributed by atoms with Crippen LogP contribution in [0.4, 0.5) is 0 Å². The third kappa shape index (κ3) is 2.58. The first kappa shape index (κ1) is 12.7. The van der Waals surface area contributed by atoms with Crippen LogP contribution in [0.5, 0.6) is 11.5 Å². The van der Waals surface area contributed by atoms with Gasteiger partial charge in [0.1, 0.15) is 11.5 Å². The van der Waals surface area contributed by atoms with Crippen LogP contribution in [0.1, 0.15) is 30.1 Å². The number of phenolic OH excluding ortho intramolecular Hbond substituents is 1. The summed E-state index contributed by atoms with van der Waals surface area (Å²) in [6.07, 6.45) is 2.20. The number of amides is 1. The van der Waals surface area contributed by atoms with Gasteiger partial charge in [0.15, 0.2) is 0 Å². The van der Waals surface area contributed by atoms with Crippen molar-refractivity contribution in [1.82, 2.24) is 4.90 Å². The van der Waals surface area contributed by atoms with Crippen LogP contribution in [0.25, 0.3) is 0 Å². The van der Waals surface area contributed by atoms with E-state index in [4.69, 9.17) is 4.74 Å². The molecule has 2 rings (SSSR count). The number of carbonyl (C=O) groups is 1. The number of ether oxygens (including phenoxy) is 1. The van der Waals surface area contributed by atoms with E-state index in [-0.39, 0.29) is 11.7 Å². The Balaban J connectivity index is 2.17. The molecule has 0 aromatic heterocycles. The molecule has 0 bridgehead atoms. The zero-order valence-corrected chi connectivity index (χ0v) is 10.8. The molecule has 4 heteroatoms. The summed E-state index contributed by atoms with van der Waals surface area (Å²) in [6, 6.07) is 4.79. The Labute approximate surface area is 107 Å². The summed E-state index contributed by atoms with van der Waals surface area (Å²) in [5.41, 5.74) is 0.352. The Morgan fingerprint density at radius 2 is 2.28 bits per heavy atom. The zero-order chi connectivity index (χ0) is 13.1. The smallest absolute Gasteiger partial charge is 0.257 e. The van der Waals surface area contributed by atoms with E-state index in [0.29, 0.717) is 17.2 Å². The fourth-order valence-electron chi connectivity index (χ4n) is 2.36. The third-order valence-electron chi connectivity index (χ3n) is 3.38. The lowest BCUT2D eigenvalue weighted by molar-refractivity contribution is 0.0680. The van der Waals surface area contributed by atoms with Gasteiger partial charge >= 0.3 is 0 Å². The number of benzene rings is 1. The van der Waals surface area contributed by atoms with E-state index in [2.05, 4.69) is 6.92 Å². The Hall–Kier alpha value is -1.71. The van der Waals surface area contributed by atoms with Crippen molar-refractivity contribution in [1.29, 1.82) is 0 Å². The van der Waals surface area contributed by atoms with Crippen LogP contribution in [-0.4, -0.2) is 36.1 Å². The highest BCUT2D eigenvalue weighted by molar-refractivity contribution is 5.97. The monoisotopic (exact) mass is 249 g/mol. The number of nitrogens with zero attached hydrogens (tertiary/aromatic N) is 1. The average Bonchev–Trinajstić information content (AvgIpc) is 2.37. The lowest BCUT2D eigenvalue weighted by atomic mass is 9.99. The van der Waals surface area contributed by atoms with Crippen molar-refractivity contribution in [2.24, 2.45) is 5.92 Å². The largest absolute Gasteiger partial charge is 0.507 e. The summed E-state index contributed by atoms with van der Waals surface area (Å²) in [5, 5.41) is 9.86. The van der Waals surface area contributed by atoms with Crippen LogP contribution in [0.2, 0.25) is 0 Å². The first-order chi connectivity index (χ1) is 8.61. The highest BCUT2D eigenvalue weighted by Gasteiger charge is 2.23. The predicted molar refractivity (Wildman–Crippen MR) is 69.0 cm³/mol. The van der Waals surface area contributed by atoms with Gasteiger partial charge in [-0.25, -0.2) is 0 Å². The number of methoxy groups -OCH3 is 1. The number of aromatic hydroxyl groups is 1. The maximum Gasteiger partial charge on any atom is 0.257 e. The molecule has 0 spiro atoms. The third-order valence-corrected chi connectivity index (χ3v) is 3.38. The molecule has 4 nitrogen and oxygen atoms in total. The summed E-state index contributed by atoms with van der Waals surface area (Å²) in [5.74, 6) is 0.971. The molecule has 1 N–H and O–H groups in total. The number of carbonyl (C=O) groups excluding carboxylic acids is 1. The molecule has 1 aromatic carbocycles. The van der Waals surface area contributed by atoms with E-state index in [9.17, 15) is 9.90 Å². The van der Waals surface area contributed by atoms with Crippen LogP contribution < -0.4 is 4.74 Å². The highest BCUT2D eigenvalue weighted by Crippen LogP contribution is 2.26. The van der Waals surface area contributed by atoms with E-state index in [1.807, 2.05) is 4.90 Å². The number of phenols is 1.